The van der Waals surface area contributed by atoms with E-state index >= 15 is 0 Å². The van der Waals surface area contributed by atoms with Crippen molar-refractivity contribution in [3.63, 3.8) is 0 Å². The van der Waals surface area contributed by atoms with Gasteiger partial charge in [-0.15, -0.1) is 0 Å². The lowest BCUT2D eigenvalue weighted by molar-refractivity contribution is -0.128. The number of nitrogens with one attached hydrogen (secondary N) is 1. The number of carbonyl (C=O) groups excluding carboxylic acids is 1. The largest absolute Gasteiger partial charge is 0.363 e. The molecule has 21 heavy (non-hydrogen) atoms. The van der Waals surface area contributed by atoms with Gasteiger partial charge in [0.2, 0.25) is 0 Å². The highest BCUT2D eigenvalue weighted by molar-refractivity contribution is 9.10. The molecular formula is C17H16BrNO2. The fraction of sp³-hybridized carbons (Fsp3) is 0.235. The summed E-state index contributed by atoms with van der Waals surface area (Å²) in [7, 11) is 0. The first-order chi connectivity index (χ1) is 10.2. The van der Waals surface area contributed by atoms with Crippen molar-refractivity contribution >= 4 is 27.5 Å². The van der Waals surface area contributed by atoms with E-state index in [1.54, 1.807) is 0 Å². The molecule has 0 spiro atoms. The Morgan fingerprint density at radius 3 is 2.90 bits per heavy atom. The second kappa shape index (κ2) is 6.00. The second-order valence-corrected chi connectivity index (χ2v) is 5.96. The van der Waals surface area contributed by atoms with E-state index in [4.69, 9.17) is 4.74 Å². The van der Waals surface area contributed by atoms with Crippen LogP contribution in [0.4, 0.5) is 5.69 Å². The zero-order valence-corrected chi connectivity index (χ0v) is 13.3. The van der Waals surface area contributed by atoms with Crippen LogP contribution in [0.3, 0.4) is 0 Å². The standard InChI is InChI=1S/C17H16BrNO2/c1-11-14(18)7-4-8-15(11)19-17(20)16-13-6-3-2-5-12(13)9-10-21-16/h2-8,16H,9-10H2,1H3,(H,19,20). The maximum absolute atomic E-state index is 12.5. The normalized spacial score (nSPS) is 17.1. The van der Waals surface area contributed by atoms with Gasteiger partial charge in [0.1, 0.15) is 0 Å². The SMILES string of the molecule is Cc1c(Br)cccc1NC(=O)C1OCCc2ccccc21. The molecule has 1 atom stereocenters. The highest BCUT2D eigenvalue weighted by atomic mass is 79.9. The number of fused-ring (bicyclic) bond motifs is 1. The molecule has 0 saturated heterocycles. The Bertz CT molecular complexity index is 684. The Balaban J connectivity index is 1.85. The van der Waals surface area contributed by atoms with Gasteiger partial charge in [0.15, 0.2) is 6.10 Å². The topological polar surface area (TPSA) is 38.3 Å². The van der Waals surface area contributed by atoms with Crippen molar-refractivity contribution in [2.75, 3.05) is 11.9 Å². The van der Waals surface area contributed by atoms with Crippen LogP contribution < -0.4 is 5.32 Å². The van der Waals surface area contributed by atoms with Gasteiger partial charge in [-0.1, -0.05) is 46.3 Å². The molecule has 2 aromatic carbocycles. The number of amides is 1. The van der Waals surface area contributed by atoms with Crippen LogP contribution >= 0.6 is 15.9 Å². The Morgan fingerprint density at radius 1 is 1.24 bits per heavy atom. The molecule has 1 unspecified atom stereocenters. The smallest absolute Gasteiger partial charge is 0.258 e. The lowest BCUT2D eigenvalue weighted by Gasteiger charge is -2.25. The van der Waals surface area contributed by atoms with Crippen LogP contribution in [0, 0.1) is 6.92 Å². The van der Waals surface area contributed by atoms with E-state index in [0.717, 1.165) is 27.7 Å². The van der Waals surface area contributed by atoms with Gasteiger partial charge in [0, 0.05) is 10.2 Å². The summed E-state index contributed by atoms with van der Waals surface area (Å²) in [5.74, 6) is -0.122. The third-order valence-corrected chi connectivity index (χ3v) is 4.62. The number of benzene rings is 2. The van der Waals surface area contributed by atoms with Crippen molar-refractivity contribution in [1.82, 2.24) is 0 Å². The summed E-state index contributed by atoms with van der Waals surface area (Å²) in [6.45, 7) is 2.54. The van der Waals surface area contributed by atoms with Crippen LogP contribution in [0.15, 0.2) is 46.9 Å². The monoisotopic (exact) mass is 345 g/mol. The quantitative estimate of drug-likeness (QED) is 0.892. The number of carbonyl (C=O) groups is 1. The molecule has 1 amide bonds. The molecule has 0 radical (unpaired) electrons. The molecule has 0 aromatic heterocycles. The fourth-order valence-corrected chi connectivity index (χ4v) is 2.92. The average molecular weight is 346 g/mol. The summed E-state index contributed by atoms with van der Waals surface area (Å²) in [4.78, 5) is 12.5. The zero-order valence-electron chi connectivity index (χ0n) is 11.7. The second-order valence-electron chi connectivity index (χ2n) is 5.10. The van der Waals surface area contributed by atoms with E-state index in [1.165, 1.54) is 5.56 Å². The summed E-state index contributed by atoms with van der Waals surface area (Å²) >= 11 is 3.48. The van der Waals surface area contributed by atoms with Gasteiger partial charge in [-0.3, -0.25) is 4.79 Å². The minimum Gasteiger partial charge on any atom is -0.363 e. The number of hydrogen-bond donors (Lipinski definition) is 1. The van der Waals surface area contributed by atoms with Crippen molar-refractivity contribution in [2.45, 2.75) is 19.4 Å². The fourth-order valence-electron chi connectivity index (χ4n) is 2.55. The maximum atomic E-state index is 12.5. The van der Waals surface area contributed by atoms with Gasteiger partial charge in [-0.05, 0) is 42.2 Å². The Morgan fingerprint density at radius 2 is 2.05 bits per heavy atom. The van der Waals surface area contributed by atoms with Gasteiger partial charge in [-0.2, -0.15) is 0 Å². The van der Waals surface area contributed by atoms with E-state index in [1.807, 2.05) is 43.3 Å². The molecule has 2 aromatic rings. The van der Waals surface area contributed by atoms with Crippen molar-refractivity contribution in [3.8, 4) is 0 Å². The Hall–Kier alpha value is -1.65. The van der Waals surface area contributed by atoms with Gasteiger partial charge in [0.05, 0.1) is 6.61 Å². The van der Waals surface area contributed by atoms with E-state index in [2.05, 4.69) is 27.3 Å². The van der Waals surface area contributed by atoms with Crippen LogP contribution in [0.5, 0.6) is 0 Å². The van der Waals surface area contributed by atoms with Crippen molar-refractivity contribution < 1.29 is 9.53 Å². The van der Waals surface area contributed by atoms with E-state index in [-0.39, 0.29) is 5.91 Å². The predicted octanol–water partition coefficient (Wildman–Crippen LogP) is 4.01. The lowest BCUT2D eigenvalue weighted by Crippen LogP contribution is -2.28. The molecule has 4 heteroatoms. The molecular weight excluding hydrogens is 330 g/mol. The van der Waals surface area contributed by atoms with Crippen LogP contribution in [0.1, 0.15) is 22.8 Å². The highest BCUT2D eigenvalue weighted by Gasteiger charge is 2.27. The summed E-state index contributed by atoms with van der Waals surface area (Å²) in [6.07, 6.45) is 0.323. The minimum absolute atomic E-state index is 0.122. The van der Waals surface area contributed by atoms with Crippen LogP contribution in [0.25, 0.3) is 0 Å². The summed E-state index contributed by atoms with van der Waals surface area (Å²) < 4.78 is 6.66. The van der Waals surface area contributed by atoms with Crippen molar-refractivity contribution in [3.05, 3.63) is 63.6 Å². The number of rotatable bonds is 2. The molecule has 1 aliphatic rings. The summed E-state index contributed by atoms with van der Waals surface area (Å²) in [5.41, 5.74) is 3.97. The lowest BCUT2D eigenvalue weighted by atomic mass is 9.97. The zero-order chi connectivity index (χ0) is 14.8. The number of halogens is 1. The minimum atomic E-state index is -0.534. The van der Waals surface area contributed by atoms with E-state index in [9.17, 15) is 4.79 Å². The molecule has 0 bridgehead atoms. The van der Waals surface area contributed by atoms with Crippen LogP contribution in [-0.2, 0) is 16.0 Å². The third-order valence-electron chi connectivity index (χ3n) is 3.76. The van der Waals surface area contributed by atoms with Crippen LogP contribution in [-0.4, -0.2) is 12.5 Å². The average Bonchev–Trinajstić information content (AvgIpc) is 2.51. The number of hydrogen-bond acceptors (Lipinski definition) is 2. The van der Waals surface area contributed by atoms with Crippen molar-refractivity contribution in [2.24, 2.45) is 0 Å². The van der Waals surface area contributed by atoms with Gasteiger partial charge < -0.3 is 10.1 Å². The van der Waals surface area contributed by atoms with E-state index < -0.39 is 6.10 Å². The summed E-state index contributed by atoms with van der Waals surface area (Å²) in [6, 6.07) is 13.7. The molecule has 1 heterocycles. The highest BCUT2D eigenvalue weighted by Crippen LogP contribution is 2.29. The van der Waals surface area contributed by atoms with Crippen LogP contribution in [0.2, 0.25) is 0 Å². The van der Waals surface area contributed by atoms with Gasteiger partial charge in [-0.25, -0.2) is 0 Å². The molecule has 108 valence electrons. The third kappa shape index (κ3) is 2.87. The summed E-state index contributed by atoms with van der Waals surface area (Å²) in [5, 5.41) is 2.97. The van der Waals surface area contributed by atoms with E-state index in [0.29, 0.717) is 6.61 Å². The molecule has 1 N–H and O–H groups in total. The Labute approximate surface area is 132 Å². The first-order valence-electron chi connectivity index (χ1n) is 6.92. The molecule has 1 aliphatic heterocycles. The number of anilines is 1. The Kier molecular flexibility index (Phi) is 4.08. The predicted molar refractivity (Wildman–Crippen MR) is 86.3 cm³/mol. The van der Waals surface area contributed by atoms with Gasteiger partial charge >= 0.3 is 0 Å². The first kappa shape index (κ1) is 14.3. The van der Waals surface area contributed by atoms with Crippen molar-refractivity contribution in [1.29, 1.82) is 0 Å². The van der Waals surface area contributed by atoms with Gasteiger partial charge in [0.25, 0.3) is 5.91 Å². The first-order valence-corrected chi connectivity index (χ1v) is 7.71. The molecule has 0 fully saturated rings. The number of ether oxygens (including phenoxy) is 1. The molecule has 3 nitrogen and oxygen atoms in total. The maximum Gasteiger partial charge on any atom is 0.258 e. The molecule has 3 rings (SSSR count). The molecule has 0 saturated carbocycles. The molecule has 0 aliphatic carbocycles.